The molecule has 0 bridgehead atoms. The number of hydrogen-bond donors (Lipinski definition) is 1. The Morgan fingerprint density at radius 3 is 2.44 bits per heavy atom. The first-order chi connectivity index (χ1) is 12.9. The second-order valence-electron chi connectivity index (χ2n) is 6.70. The SMILES string of the molecule is CCOC(=O)c1ccc(S(=O)(=O)N2CC[NH+](C)C[C@@H]2c2ccccc2)cc1. The zero-order chi connectivity index (χ0) is 19.4. The van der Waals surface area contributed by atoms with E-state index in [9.17, 15) is 13.2 Å². The van der Waals surface area contributed by atoms with Gasteiger partial charge in [0.25, 0.3) is 0 Å². The van der Waals surface area contributed by atoms with Gasteiger partial charge in [-0.05, 0) is 36.8 Å². The Kier molecular flexibility index (Phi) is 5.94. The number of hydrogen-bond acceptors (Lipinski definition) is 4. The number of ether oxygens (including phenoxy) is 1. The number of nitrogens with zero attached hydrogens (tertiary/aromatic N) is 1. The summed E-state index contributed by atoms with van der Waals surface area (Å²) in [5.74, 6) is -0.452. The van der Waals surface area contributed by atoms with E-state index in [4.69, 9.17) is 4.74 Å². The van der Waals surface area contributed by atoms with E-state index in [0.717, 1.165) is 12.1 Å². The maximum Gasteiger partial charge on any atom is 0.338 e. The topological polar surface area (TPSA) is 68.1 Å². The number of nitrogens with one attached hydrogen (secondary N) is 1. The van der Waals surface area contributed by atoms with Crippen LogP contribution in [0.15, 0.2) is 59.5 Å². The van der Waals surface area contributed by atoms with Gasteiger partial charge in [-0.2, -0.15) is 4.31 Å². The van der Waals surface area contributed by atoms with Crippen LogP contribution in [-0.2, 0) is 14.8 Å². The molecule has 0 aromatic heterocycles. The lowest BCUT2D eigenvalue weighted by Crippen LogP contribution is -3.12. The predicted molar refractivity (Wildman–Crippen MR) is 102 cm³/mol. The molecular weight excluding hydrogens is 364 g/mol. The van der Waals surface area contributed by atoms with Gasteiger partial charge >= 0.3 is 5.97 Å². The second-order valence-corrected chi connectivity index (χ2v) is 8.59. The highest BCUT2D eigenvalue weighted by Gasteiger charge is 2.38. The van der Waals surface area contributed by atoms with Crippen LogP contribution >= 0.6 is 0 Å². The monoisotopic (exact) mass is 389 g/mol. The van der Waals surface area contributed by atoms with E-state index >= 15 is 0 Å². The van der Waals surface area contributed by atoms with Gasteiger partial charge in [0.05, 0.1) is 49.8 Å². The van der Waals surface area contributed by atoms with E-state index < -0.39 is 16.0 Å². The van der Waals surface area contributed by atoms with Crippen molar-refractivity contribution in [2.75, 3.05) is 33.3 Å². The Morgan fingerprint density at radius 1 is 1.15 bits per heavy atom. The van der Waals surface area contributed by atoms with Gasteiger partial charge in [0.1, 0.15) is 0 Å². The van der Waals surface area contributed by atoms with Crippen molar-refractivity contribution in [3.63, 3.8) is 0 Å². The number of benzene rings is 2. The number of sulfonamides is 1. The molecular formula is C20H25N2O4S+. The van der Waals surface area contributed by atoms with Crippen LogP contribution in [-0.4, -0.2) is 52.0 Å². The highest BCUT2D eigenvalue weighted by Crippen LogP contribution is 2.28. The van der Waals surface area contributed by atoms with Gasteiger partial charge < -0.3 is 9.64 Å². The zero-order valence-electron chi connectivity index (χ0n) is 15.6. The second kappa shape index (κ2) is 8.21. The van der Waals surface area contributed by atoms with Gasteiger partial charge in [0.2, 0.25) is 10.0 Å². The van der Waals surface area contributed by atoms with Crippen molar-refractivity contribution in [2.24, 2.45) is 0 Å². The molecule has 1 saturated heterocycles. The molecule has 0 radical (unpaired) electrons. The summed E-state index contributed by atoms with van der Waals surface area (Å²) in [4.78, 5) is 13.3. The van der Waals surface area contributed by atoms with Crippen LogP contribution in [0.4, 0.5) is 0 Å². The lowest BCUT2D eigenvalue weighted by molar-refractivity contribution is -0.887. The van der Waals surface area contributed by atoms with Crippen molar-refractivity contribution in [1.82, 2.24) is 4.31 Å². The number of piperazine rings is 1. The average molecular weight is 389 g/mol. The number of rotatable bonds is 5. The first kappa shape index (κ1) is 19.5. The predicted octanol–water partition coefficient (Wildman–Crippen LogP) is 1.12. The molecule has 1 N–H and O–H groups in total. The third kappa shape index (κ3) is 4.21. The summed E-state index contributed by atoms with van der Waals surface area (Å²) in [5, 5.41) is 0. The lowest BCUT2D eigenvalue weighted by atomic mass is 10.1. The fourth-order valence-electron chi connectivity index (χ4n) is 3.35. The minimum absolute atomic E-state index is 0.191. The van der Waals surface area contributed by atoms with Crippen LogP contribution in [0, 0.1) is 0 Å². The van der Waals surface area contributed by atoms with Crippen molar-refractivity contribution < 1.29 is 22.8 Å². The minimum Gasteiger partial charge on any atom is -0.462 e. The standard InChI is InChI=1S/C20H24N2O4S/c1-3-26-20(23)17-9-11-18(12-10-17)27(24,25)22-14-13-21(2)15-19(22)16-7-5-4-6-8-16/h4-12,19H,3,13-15H2,1-2H3/p+1/t19-/m1/s1. The molecule has 2 atom stereocenters. The van der Waals surface area contributed by atoms with E-state index in [1.807, 2.05) is 30.3 Å². The number of likely N-dealkylation sites (N-methyl/N-ethyl adjacent to an activating group) is 1. The smallest absolute Gasteiger partial charge is 0.338 e. The Balaban J connectivity index is 1.91. The van der Waals surface area contributed by atoms with E-state index in [0.29, 0.717) is 18.7 Å². The molecule has 0 spiro atoms. The molecule has 1 aliphatic heterocycles. The van der Waals surface area contributed by atoms with Crippen molar-refractivity contribution >= 4 is 16.0 Å². The lowest BCUT2D eigenvalue weighted by Gasteiger charge is -2.37. The molecule has 6 nitrogen and oxygen atoms in total. The van der Waals surface area contributed by atoms with Crippen LogP contribution < -0.4 is 4.90 Å². The summed E-state index contributed by atoms with van der Waals surface area (Å²) >= 11 is 0. The van der Waals surface area contributed by atoms with E-state index in [1.54, 1.807) is 11.2 Å². The Hall–Kier alpha value is -2.22. The van der Waals surface area contributed by atoms with E-state index in [-0.39, 0.29) is 17.5 Å². The molecule has 1 heterocycles. The molecule has 1 aliphatic rings. The summed E-state index contributed by atoms with van der Waals surface area (Å²) in [6, 6.07) is 15.5. The van der Waals surface area contributed by atoms with Crippen LogP contribution in [0.3, 0.4) is 0 Å². The van der Waals surface area contributed by atoms with Gasteiger partial charge in [-0.3, -0.25) is 0 Å². The maximum absolute atomic E-state index is 13.3. The molecule has 2 aromatic rings. The molecule has 0 amide bonds. The fraction of sp³-hybridized carbons (Fsp3) is 0.350. The highest BCUT2D eigenvalue weighted by atomic mass is 32.2. The summed E-state index contributed by atoms with van der Waals surface area (Å²) in [6.45, 7) is 3.93. The number of carbonyl (C=O) groups is 1. The van der Waals surface area contributed by atoms with Crippen molar-refractivity contribution in [3.8, 4) is 0 Å². The van der Waals surface area contributed by atoms with Crippen LogP contribution in [0.25, 0.3) is 0 Å². The maximum atomic E-state index is 13.3. The third-order valence-corrected chi connectivity index (χ3v) is 6.73. The van der Waals surface area contributed by atoms with Crippen LogP contribution in [0.1, 0.15) is 28.9 Å². The highest BCUT2D eigenvalue weighted by molar-refractivity contribution is 7.89. The van der Waals surface area contributed by atoms with E-state index in [1.165, 1.54) is 29.2 Å². The normalized spacial score (nSPS) is 21.0. The quantitative estimate of drug-likeness (QED) is 0.779. The molecule has 1 fully saturated rings. The number of quaternary nitrogens is 1. The first-order valence-electron chi connectivity index (χ1n) is 9.08. The fourth-order valence-corrected chi connectivity index (χ4v) is 4.96. The minimum atomic E-state index is -3.67. The summed E-state index contributed by atoms with van der Waals surface area (Å²) in [6.07, 6.45) is 0. The third-order valence-electron chi connectivity index (χ3n) is 4.80. The summed E-state index contributed by atoms with van der Waals surface area (Å²) in [5.41, 5.74) is 1.33. The number of carbonyl (C=O) groups excluding carboxylic acids is 1. The number of esters is 1. The van der Waals surface area contributed by atoms with Gasteiger partial charge in [-0.1, -0.05) is 30.3 Å². The molecule has 2 aromatic carbocycles. The first-order valence-corrected chi connectivity index (χ1v) is 10.5. The zero-order valence-corrected chi connectivity index (χ0v) is 16.4. The van der Waals surface area contributed by atoms with Crippen molar-refractivity contribution in [2.45, 2.75) is 17.9 Å². The largest absolute Gasteiger partial charge is 0.462 e. The van der Waals surface area contributed by atoms with Gasteiger partial charge in [-0.25, -0.2) is 13.2 Å². The molecule has 1 unspecified atom stereocenters. The molecule has 3 rings (SSSR count). The Bertz CT molecular complexity index is 882. The van der Waals surface area contributed by atoms with Gasteiger partial charge in [0.15, 0.2) is 0 Å². The average Bonchev–Trinajstić information content (AvgIpc) is 2.68. The Labute approximate surface area is 160 Å². The molecule has 144 valence electrons. The van der Waals surface area contributed by atoms with Gasteiger partial charge in [-0.15, -0.1) is 0 Å². The molecule has 7 heteroatoms. The van der Waals surface area contributed by atoms with Crippen LogP contribution in [0.5, 0.6) is 0 Å². The molecule has 0 saturated carbocycles. The van der Waals surface area contributed by atoms with Crippen molar-refractivity contribution in [3.05, 3.63) is 65.7 Å². The van der Waals surface area contributed by atoms with Crippen molar-refractivity contribution in [1.29, 1.82) is 0 Å². The van der Waals surface area contributed by atoms with E-state index in [2.05, 4.69) is 7.05 Å². The van der Waals surface area contributed by atoms with Crippen LogP contribution in [0.2, 0.25) is 0 Å². The summed E-state index contributed by atoms with van der Waals surface area (Å²) < 4.78 is 33.1. The molecule has 27 heavy (non-hydrogen) atoms. The summed E-state index contributed by atoms with van der Waals surface area (Å²) in [7, 11) is -1.59. The molecule has 0 aliphatic carbocycles. The van der Waals surface area contributed by atoms with Gasteiger partial charge in [0, 0.05) is 0 Å². The Morgan fingerprint density at radius 2 is 1.81 bits per heavy atom.